The van der Waals surface area contributed by atoms with Gasteiger partial charge in [0.25, 0.3) is 0 Å². The smallest absolute Gasteiger partial charge is 0.336 e. The maximum atomic E-state index is 11.6. The summed E-state index contributed by atoms with van der Waals surface area (Å²) in [5.41, 5.74) is 12.9. The van der Waals surface area contributed by atoms with E-state index < -0.39 is 0 Å². The molecule has 0 aliphatic heterocycles. The van der Waals surface area contributed by atoms with E-state index in [1.807, 2.05) is 18.2 Å². The molecule has 1 aromatic heterocycles. The molecule has 0 unspecified atom stereocenters. The van der Waals surface area contributed by atoms with E-state index in [2.05, 4.69) is 22.8 Å². The molecule has 6 nitrogen and oxygen atoms in total. The Morgan fingerprint density at radius 1 is 0.828 bits per heavy atom. The van der Waals surface area contributed by atoms with Gasteiger partial charge in [-0.25, -0.2) is 4.79 Å². The lowest BCUT2D eigenvalue weighted by atomic mass is 10.1. The standard InChI is InChI=1S/C23H38N4O2/c1-2-3-4-5-6-7-14-27(18-17-26(15-12-24)16-13-25)21-10-8-20-9-11-23(28)29-22(20)19-21/h8-11,19H,2-7,12-18,24-25H2,1H3. The highest BCUT2D eigenvalue weighted by Crippen LogP contribution is 2.22. The Hall–Kier alpha value is -1.89. The third-order valence-electron chi connectivity index (χ3n) is 5.33. The molecule has 162 valence electrons. The Morgan fingerprint density at radius 3 is 2.24 bits per heavy atom. The Balaban J connectivity index is 2.07. The van der Waals surface area contributed by atoms with Crippen molar-refractivity contribution in [1.29, 1.82) is 0 Å². The fraction of sp³-hybridized carbons (Fsp3) is 0.609. The van der Waals surface area contributed by atoms with E-state index >= 15 is 0 Å². The summed E-state index contributed by atoms with van der Waals surface area (Å²) < 4.78 is 5.40. The van der Waals surface area contributed by atoms with Crippen molar-refractivity contribution in [3.63, 3.8) is 0 Å². The maximum Gasteiger partial charge on any atom is 0.336 e. The van der Waals surface area contributed by atoms with Crippen LogP contribution in [0.25, 0.3) is 11.0 Å². The molecule has 0 spiro atoms. The third kappa shape index (κ3) is 8.17. The van der Waals surface area contributed by atoms with Crippen LogP contribution in [0.4, 0.5) is 5.69 Å². The molecule has 0 saturated heterocycles. The van der Waals surface area contributed by atoms with Crippen LogP contribution in [0.5, 0.6) is 0 Å². The average molecular weight is 403 g/mol. The zero-order valence-corrected chi connectivity index (χ0v) is 17.9. The zero-order chi connectivity index (χ0) is 20.9. The van der Waals surface area contributed by atoms with Crippen molar-refractivity contribution < 1.29 is 4.42 Å². The minimum Gasteiger partial charge on any atom is -0.423 e. The first-order valence-electron chi connectivity index (χ1n) is 11.1. The molecule has 2 rings (SSSR count). The topological polar surface area (TPSA) is 88.7 Å². The first kappa shape index (κ1) is 23.4. The van der Waals surface area contributed by atoms with Gasteiger partial charge in [0, 0.05) is 69.0 Å². The van der Waals surface area contributed by atoms with Gasteiger partial charge in [-0.3, -0.25) is 4.90 Å². The minimum atomic E-state index is -0.311. The van der Waals surface area contributed by atoms with E-state index in [9.17, 15) is 4.79 Å². The van der Waals surface area contributed by atoms with E-state index in [4.69, 9.17) is 15.9 Å². The molecule has 0 saturated carbocycles. The summed E-state index contributed by atoms with van der Waals surface area (Å²) in [5, 5.41) is 0.945. The normalized spacial score (nSPS) is 11.4. The number of fused-ring (bicyclic) bond motifs is 1. The minimum absolute atomic E-state index is 0.311. The van der Waals surface area contributed by atoms with Gasteiger partial charge in [0.2, 0.25) is 0 Å². The van der Waals surface area contributed by atoms with Crippen LogP contribution in [0.1, 0.15) is 45.4 Å². The molecule has 1 aromatic carbocycles. The summed E-state index contributed by atoms with van der Waals surface area (Å²) in [7, 11) is 0. The lowest BCUT2D eigenvalue weighted by Gasteiger charge is -2.29. The number of unbranched alkanes of at least 4 members (excludes halogenated alkanes) is 5. The average Bonchev–Trinajstić information content (AvgIpc) is 2.72. The summed E-state index contributed by atoms with van der Waals surface area (Å²) in [4.78, 5) is 16.3. The van der Waals surface area contributed by atoms with Crippen molar-refractivity contribution in [1.82, 2.24) is 4.90 Å². The first-order valence-corrected chi connectivity index (χ1v) is 11.1. The molecular formula is C23H38N4O2. The van der Waals surface area contributed by atoms with Crippen LogP contribution in [0.3, 0.4) is 0 Å². The summed E-state index contributed by atoms with van der Waals surface area (Å²) in [6.45, 7) is 8.04. The lowest BCUT2D eigenvalue weighted by molar-refractivity contribution is 0.294. The van der Waals surface area contributed by atoms with Gasteiger partial charge in [-0.1, -0.05) is 39.0 Å². The maximum absolute atomic E-state index is 11.6. The Bertz CT molecular complexity index is 756. The predicted molar refractivity (Wildman–Crippen MR) is 123 cm³/mol. The second-order valence-electron chi connectivity index (χ2n) is 7.65. The van der Waals surface area contributed by atoms with Crippen LogP contribution >= 0.6 is 0 Å². The van der Waals surface area contributed by atoms with Gasteiger partial charge >= 0.3 is 5.63 Å². The molecule has 0 bridgehead atoms. The van der Waals surface area contributed by atoms with Gasteiger partial charge in [-0.2, -0.15) is 0 Å². The molecule has 4 N–H and O–H groups in total. The predicted octanol–water partition coefficient (Wildman–Crippen LogP) is 3.18. The highest BCUT2D eigenvalue weighted by Gasteiger charge is 2.11. The molecule has 6 heteroatoms. The largest absolute Gasteiger partial charge is 0.423 e. The van der Waals surface area contributed by atoms with Gasteiger partial charge in [-0.15, -0.1) is 0 Å². The summed E-state index contributed by atoms with van der Waals surface area (Å²) in [5.74, 6) is 0. The second kappa shape index (κ2) is 13.4. The van der Waals surface area contributed by atoms with Crippen LogP contribution in [-0.4, -0.2) is 50.7 Å². The van der Waals surface area contributed by atoms with Crippen molar-refractivity contribution in [2.45, 2.75) is 45.4 Å². The molecule has 0 amide bonds. The summed E-state index contributed by atoms with van der Waals surface area (Å²) in [6.07, 6.45) is 7.61. The van der Waals surface area contributed by atoms with Gasteiger partial charge in [-0.05, 0) is 24.6 Å². The molecular weight excluding hydrogens is 364 g/mol. The van der Waals surface area contributed by atoms with Gasteiger partial charge in [0.1, 0.15) is 5.58 Å². The molecule has 0 radical (unpaired) electrons. The number of anilines is 1. The van der Waals surface area contributed by atoms with Crippen LogP contribution in [0, 0.1) is 0 Å². The molecule has 1 heterocycles. The number of hydrogen-bond acceptors (Lipinski definition) is 6. The summed E-state index contributed by atoms with van der Waals surface area (Å²) in [6, 6.07) is 9.42. The van der Waals surface area contributed by atoms with Gasteiger partial charge in [0.05, 0.1) is 0 Å². The number of benzene rings is 1. The lowest BCUT2D eigenvalue weighted by Crippen LogP contribution is -2.40. The number of rotatable bonds is 15. The van der Waals surface area contributed by atoms with Crippen molar-refractivity contribution >= 4 is 16.7 Å². The zero-order valence-electron chi connectivity index (χ0n) is 17.9. The second-order valence-corrected chi connectivity index (χ2v) is 7.65. The first-order chi connectivity index (χ1) is 14.2. The number of nitrogens with two attached hydrogens (primary N) is 2. The Kier molecular flexibility index (Phi) is 10.8. The van der Waals surface area contributed by atoms with E-state index in [1.165, 1.54) is 38.2 Å². The van der Waals surface area contributed by atoms with Crippen molar-refractivity contribution in [3.05, 3.63) is 40.8 Å². The fourth-order valence-electron chi connectivity index (χ4n) is 3.66. The highest BCUT2D eigenvalue weighted by atomic mass is 16.4. The van der Waals surface area contributed by atoms with Crippen molar-refractivity contribution in [3.8, 4) is 0 Å². The van der Waals surface area contributed by atoms with E-state index in [0.29, 0.717) is 18.7 Å². The molecule has 29 heavy (non-hydrogen) atoms. The van der Waals surface area contributed by atoms with Crippen molar-refractivity contribution in [2.24, 2.45) is 11.5 Å². The number of hydrogen-bond donors (Lipinski definition) is 2. The van der Waals surface area contributed by atoms with Gasteiger partial charge in [0.15, 0.2) is 0 Å². The number of nitrogens with zero attached hydrogens (tertiary/aromatic N) is 2. The Labute approximate surface area is 174 Å². The quantitative estimate of drug-likeness (QED) is 0.351. The third-order valence-corrected chi connectivity index (χ3v) is 5.33. The van der Waals surface area contributed by atoms with E-state index in [-0.39, 0.29) is 5.63 Å². The van der Waals surface area contributed by atoms with Crippen LogP contribution in [0.15, 0.2) is 39.5 Å². The molecule has 0 aliphatic carbocycles. The van der Waals surface area contributed by atoms with Crippen LogP contribution in [0.2, 0.25) is 0 Å². The van der Waals surface area contributed by atoms with Crippen LogP contribution in [-0.2, 0) is 0 Å². The summed E-state index contributed by atoms with van der Waals surface area (Å²) >= 11 is 0. The highest BCUT2D eigenvalue weighted by molar-refractivity contribution is 5.80. The fourth-order valence-corrected chi connectivity index (χ4v) is 3.66. The molecule has 2 aromatic rings. The van der Waals surface area contributed by atoms with Crippen LogP contribution < -0.4 is 22.0 Å². The molecule has 0 atom stereocenters. The van der Waals surface area contributed by atoms with Gasteiger partial charge < -0.3 is 20.8 Å². The molecule has 0 aliphatic rings. The van der Waals surface area contributed by atoms with E-state index in [0.717, 1.165) is 50.2 Å². The van der Waals surface area contributed by atoms with Crippen molar-refractivity contribution in [2.75, 3.05) is 50.7 Å². The monoisotopic (exact) mass is 402 g/mol. The molecule has 0 fully saturated rings. The SMILES string of the molecule is CCCCCCCCN(CCN(CCN)CCN)c1ccc2ccc(=O)oc2c1. The van der Waals surface area contributed by atoms with E-state index in [1.54, 1.807) is 0 Å². The Morgan fingerprint density at radius 2 is 1.52 bits per heavy atom.